The molecule has 0 bridgehead atoms. The molecule has 0 heterocycles. The Morgan fingerprint density at radius 3 is 2.95 bits per heavy atom. The number of hydrogen-bond donors (Lipinski definition) is 2. The van der Waals surface area contributed by atoms with Gasteiger partial charge in [0.05, 0.1) is 12.8 Å². The van der Waals surface area contributed by atoms with Gasteiger partial charge < -0.3 is 15.8 Å². The lowest BCUT2D eigenvalue weighted by molar-refractivity contribution is -0.117. The molecule has 1 saturated carbocycles. The highest BCUT2D eigenvalue weighted by atomic mass is 35.5. The van der Waals surface area contributed by atoms with E-state index in [-0.39, 0.29) is 17.9 Å². The van der Waals surface area contributed by atoms with E-state index < -0.39 is 0 Å². The highest BCUT2D eigenvalue weighted by Crippen LogP contribution is 2.30. The molecule has 4 nitrogen and oxygen atoms in total. The number of nitrogens with two attached hydrogens (primary N) is 1. The topological polar surface area (TPSA) is 64.3 Å². The van der Waals surface area contributed by atoms with Crippen LogP contribution < -0.4 is 15.8 Å². The van der Waals surface area contributed by atoms with E-state index in [1.165, 1.54) is 0 Å². The standard InChI is InChI=1S/C14H19ClN2O2/c1-19-13-6-5-10(15)8-12(13)17-14(18)7-9-3-2-4-11(9)16/h5-6,8-9,11H,2-4,7,16H2,1H3,(H,17,18)/t9-,11+/m0/s1. The van der Waals surface area contributed by atoms with E-state index >= 15 is 0 Å². The van der Waals surface area contributed by atoms with E-state index in [9.17, 15) is 4.79 Å². The number of carbonyl (C=O) groups is 1. The molecule has 2 rings (SSSR count). The minimum atomic E-state index is -0.0390. The van der Waals surface area contributed by atoms with Crippen LogP contribution in [0.15, 0.2) is 18.2 Å². The van der Waals surface area contributed by atoms with Crippen LogP contribution in [0.2, 0.25) is 5.02 Å². The third kappa shape index (κ3) is 3.61. The summed E-state index contributed by atoms with van der Waals surface area (Å²) in [5.41, 5.74) is 6.58. The van der Waals surface area contributed by atoms with Crippen molar-refractivity contribution < 1.29 is 9.53 Å². The Bertz CT molecular complexity index is 465. The van der Waals surface area contributed by atoms with Crippen molar-refractivity contribution in [2.45, 2.75) is 31.7 Å². The smallest absolute Gasteiger partial charge is 0.224 e. The molecule has 1 aliphatic rings. The molecule has 19 heavy (non-hydrogen) atoms. The number of anilines is 1. The molecule has 0 spiro atoms. The maximum absolute atomic E-state index is 12.0. The lowest BCUT2D eigenvalue weighted by Crippen LogP contribution is -2.28. The minimum Gasteiger partial charge on any atom is -0.495 e. The molecule has 0 unspecified atom stereocenters. The van der Waals surface area contributed by atoms with Crippen molar-refractivity contribution in [1.82, 2.24) is 0 Å². The second kappa shape index (κ2) is 6.26. The fourth-order valence-corrected chi connectivity index (χ4v) is 2.71. The zero-order valence-corrected chi connectivity index (χ0v) is 11.7. The first-order chi connectivity index (χ1) is 9.10. The number of ether oxygens (including phenoxy) is 1. The van der Waals surface area contributed by atoms with Crippen molar-refractivity contribution >= 4 is 23.2 Å². The first-order valence-corrected chi connectivity index (χ1v) is 6.87. The van der Waals surface area contributed by atoms with Gasteiger partial charge in [-0.1, -0.05) is 18.0 Å². The Balaban J connectivity index is 2.00. The number of benzene rings is 1. The zero-order chi connectivity index (χ0) is 13.8. The molecular formula is C14H19ClN2O2. The number of carbonyl (C=O) groups excluding carboxylic acids is 1. The second-order valence-electron chi connectivity index (χ2n) is 4.95. The van der Waals surface area contributed by atoms with Gasteiger partial charge in [0.1, 0.15) is 5.75 Å². The molecule has 0 aliphatic heterocycles. The molecule has 1 amide bonds. The van der Waals surface area contributed by atoms with Gasteiger partial charge in [-0.05, 0) is 37.0 Å². The summed E-state index contributed by atoms with van der Waals surface area (Å²) in [5, 5.41) is 3.41. The van der Waals surface area contributed by atoms with Crippen LogP contribution in [0, 0.1) is 5.92 Å². The summed E-state index contributed by atoms with van der Waals surface area (Å²) in [4.78, 5) is 12.0. The molecule has 0 saturated heterocycles. The predicted molar refractivity (Wildman–Crippen MR) is 76.6 cm³/mol. The first-order valence-electron chi connectivity index (χ1n) is 6.49. The van der Waals surface area contributed by atoms with E-state index in [2.05, 4.69) is 5.32 Å². The molecular weight excluding hydrogens is 264 g/mol. The molecule has 104 valence electrons. The molecule has 1 aromatic rings. The number of amides is 1. The molecule has 0 radical (unpaired) electrons. The van der Waals surface area contributed by atoms with Crippen LogP contribution in [-0.2, 0) is 4.79 Å². The highest BCUT2D eigenvalue weighted by molar-refractivity contribution is 6.31. The van der Waals surface area contributed by atoms with E-state index in [1.807, 2.05) is 0 Å². The Morgan fingerprint density at radius 2 is 2.32 bits per heavy atom. The second-order valence-corrected chi connectivity index (χ2v) is 5.39. The van der Waals surface area contributed by atoms with E-state index in [0.29, 0.717) is 22.9 Å². The minimum absolute atomic E-state index is 0.0390. The summed E-state index contributed by atoms with van der Waals surface area (Å²) in [5.74, 6) is 0.849. The molecule has 1 aromatic carbocycles. The van der Waals surface area contributed by atoms with Gasteiger partial charge in [0.15, 0.2) is 0 Å². The first kappa shape index (κ1) is 14.2. The average Bonchev–Trinajstić information content (AvgIpc) is 2.75. The van der Waals surface area contributed by atoms with Crippen molar-refractivity contribution in [3.8, 4) is 5.75 Å². The third-order valence-corrected chi connectivity index (χ3v) is 3.84. The SMILES string of the molecule is COc1ccc(Cl)cc1NC(=O)C[C@@H]1CCC[C@H]1N. The monoisotopic (exact) mass is 282 g/mol. The van der Waals surface area contributed by atoms with Crippen LogP contribution in [0.4, 0.5) is 5.69 Å². The van der Waals surface area contributed by atoms with Crippen molar-refractivity contribution in [3.63, 3.8) is 0 Å². The van der Waals surface area contributed by atoms with Crippen LogP contribution in [-0.4, -0.2) is 19.1 Å². The maximum atomic E-state index is 12.0. The van der Waals surface area contributed by atoms with Gasteiger partial charge in [0.25, 0.3) is 0 Å². The van der Waals surface area contributed by atoms with Gasteiger partial charge >= 0.3 is 0 Å². The summed E-state index contributed by atoms with van der Waals surface area (Å²) in [6.07, 6.45) is 3.61. The number of methoxy groups -OCH3 is 1. The Hall–Kier alpha value is -1.26. The van der Waals surface area contributed by atoms with Gasteiger partial charge in [-0.2, -0.15) is 0 Å². The normalized spacial score (nSPS) is 22.3. The fraction of sp³-hybridized carbons (Fsp3) is 0.500. The van der Waals surface area contributed by atoms with Gasteiger partial charge in [-0.25, -0.2) is 0 Å². The van der Waals surface area contributed by atoms with Crippen LogP contribution in [0.1, 0.15) is 25.7 Å². The van der Waals surface area contributed by atoms with Crippen molar-refractivity contribution in [2.75, 3.05) is 12.4 Å². The number of rotatable bonds is 4. The molecule has 3 N–H and O–H groups in total. The summed E-state index contributed by atoms with van der Waals surface area (Å²) < 4.78 is 5.19. The summed E-state index contributed by atoms with van der Waals surface area (Å²) in [7, 11) is 1.56. The van der Waals surface area contributed by atoms with Crippen LogP contribution >= 0.6 is 11.6 Å². The van der Waals surface area contributed by atoms with Crippen LogP contribution in [0.5, 0.6) is 5.75 Å². The van der Waals surface area contributed by atoms with Gasteiger partial charge in [0, 0.05) is 17.5 Å². The molecule has 1 aliphatic carbocycles. The van der Waals surface area contributed by atoms with Crippen LogP contribution in [0.3, 0.4) is 0 Å². The van der Waals surface area contributed by atoms with Gasteiger partial charge in [-0.15, -0.1) is 0 Å². The quantitative estimate of drug-likeness (QED) is 0.892. The number of nitrogens with one attached hydrogen (secondary N) is 1. The third-order valence-electron chi connectivity index (χ3n) is 3.60. The fourth-order valence-electron chi connectivity index (χ4n) is 2.54. The Labute approximate surface area is 118 Å². The Kier molecular flexibility index (Phi) is 4.66. The lowest BCUT2D eigenvalue weighted by atomic mass is 10.00. The largest absolute Gasteiger partial charge is 0.495 e. The van der Waals surface area contributed by atoms with E-state index in [1.54, 1.807) is 25.3 Å². The van der Waals surface area contributed by atoms with Gasteiger partial charge in [0.2, 0.25) is 5.91 Å². The average molecular weight is 283 g/mol. The van der Waals surface area contributed by atoms with Crippen molar-refractivity contribution in [2.24, 2.45) is 11.7 Å². The van der Waals surface area contributed by atoms with E-state index in [0.717, 1.165) is 19.3 Å². The zero-order valence-electron chi connectivity index (χ0n) is 11.0. The molecule has 0 aromatic heterocycles. The predicted octanol–water partition coefficient (Wildman–Crippen LogP) is 2.80. The number of hydrogen-bond acceptors (Lipinski definition) is 3. The Morgan fingerprint density at radius 1 is 1.53 bits per heavy atom. The maximum Gasteiger partial charge on any atom is 0.224 e. The van der Waals surface area contributed by atoms with Crippen molar-refractivity contribution in [1.29, 1.82) is 0 Å². The molecule has 1 fully saturated rings. The molecule has 2 atom stereocenters. The van der Waals surface area contributed by atoms with Crippen molar-refractivity contribution in [3.05, 3.63) is 23.2 Å². The van der Waals surface area contributed by atoms with E-state index in [4.69, 9.17) is 22.1 Å². The summed E-state index contributed by atoms with van der Waals surface area (Å²) in [6.45, 7) is 0. The summed E-state index contributed by atoms with van der Waals surface area (Å²) in [6, 6.07) is 5.29. The highest BCUT2D eigenvalue weighted by Gasteiger charge is 2.26. The lowest BCUT2D eigenvalue weighted by Gasteiger charge is -2.16. The number of halogens is 1. The summed E-state index contributed by atoms with van der Waals surface area (Å²) >= 11 is 5.92. The van der Waals surface area contributed by atoms with Gasteiger partial charge in [-0.3, -0.25) is 4.79 Å². The molecule has 5 heteroatoms. The van der Waals surface area contributed by atoms with Crippen LogP contribution in [0.25, 0.3) is 0 Å².